The van der Waals surface area contributed by atoms with Crippen molar-refractivity contribution >= 4 is 29.1 Å². The number of Topliss-reactive ketones (excluding diaryl/α,β-unsaturated/α-hetero) is 1. The van der Waals surface area contributed by atoms with Crippen molar-refractivity contribution in [2.75, 3.05) is 5.75 Å². The predicted molar refractivity (Wildman–Crippen MR) is 112 cm³/mol. The molecule has 138 valence electrons. The zero-order valence-corrected chi connectivity index (χ0v) is 16.8. The van der Waals surface area contributed by atoms with Gasteiger partial charge in [-0.15, -0.1) is 16.8 Å². The Balaban J connectivity index is 1.82. The van der Waals surface area contributed by atoms with E-state index in [-0.39, 0.29) is 5.78 Å². The molecular weight excluding hydrogens is 378 g/mol. The largest absolute Gasteiger partial charge is 0.298 e. The van der Waals surface area contributed by atoms with Crippen LogP contribution in [0.4, 0.5) is 0 Å². The molecule has 0 aliphatic rings. The fraction of sp³-hybridized carbons (Fsp3) is 0.190. The van der Waals surface area contributed by atoms with Crippen LogP contribution in [0.15, 0.2) is 60.3 Å². The molecule has 0 unspecified atom stereocenters. The Morgan fingerprint density at radius 3 is 2.63 bits per heavy atom. The first kappa shape index (κ1) is 19.4. The van der Waals surface area contributed by atoms with Gasteiger partial charge in [-0.05, 0) is 49.7 Å². The van der Waals surface area contributed by atoms with Crippen molar-refractivity contribution in [3.63, 3.8) is 0 Å². The first-order chi connectivity index (χ1) is 13.0. The lowest BCUT2D eigenvalue weighted by Gasteiger charge is -2.09. The minimum atomic E-state index is 0.0856. The lowest BCUT2D eigenvalue weighted by Crippen LogP contribution is -2.07. The van der Waals surface area contributed by atoms with Crippen LogP contribution in [0, 0.1) is 13.8 Å². The van der Waals surface area contributed by atoms with Gasteiger partial charge >= 0.3 is 0 Å². The Kier molecular flexibility index (Phi) is 6.14. The summed E-state index contributed by atoms with van der Waals surface area (Å²) in [6, 6.07) is 13.4. The van der Waals surface area contributed by atoms with Gasteiger partial charge in [0.05, 0.1) is 5.75 Å². The lowest BCUT2D eigenvalue weighted by molar-refractivity contribution is 0.102. The molecule has 6 heteroatoms. The number of hydrogen-bond donors (Lipinski definition) is 0. The molecule has 4 nitrogen and oxygen atoms in total. The number of thioether (sulfide) groups is 1. The third-order valence-corrected chi connectivity index (χ3v) is 5.38. The van der Waals surface area contributed by atoms with Crippen LogP contribution in [0.2, 0.25) is 5.02 Å². The maximum Gasteiger partial charge on any atom is 0.192 e. The molecule has 3 rings (SSSR count). The van der Waals surface area contributed by atoms with Gasteiger partial charge in [-0.25, -0.2) is 0 Å². The molecule has 1 aromatic heterocycles. The Morgan fingerprint density at radius 2 is 1.93 bits per heavy atom. The van der Waals surface area contributed by atoms with Gasteiger partial charge in [-0.2, -0.15) is 0 Å². The summed E-state index contributed by atoms with van der Waals surface area (Å²) in [5.41, 5.74) is 3.74. The van der Waals surface area contributed by atoms with E-state index >= 15 is 0 Å². The standard InChI is InChI=1S/C21H20ClN3OS/c1-4-11-25-20(16-7-9-17(22)10-8-16)23-24-21(25)27-13-19(26)18-12-14(2)5-6-15(18)3/h4-10,12H,1,11,13H2,2-3H3. The van der Waals surface area contributed by atoms with Crippen molar-refractivity contribution < 1.29 is 4.79 Å². The number of rotatable bonds is 7. The zero-order chi connectivity index (χ0) is 19.4. The van der Waals surface area contributed by atoms with Crippen LogP contribution < -0.4 is 0 Å². The van der Waals surface area contributed by atoms with E-state index in [1.165, 1.54) is 11.8 Å². The monoisotopic (exact) mass is 397 g/mol. The molecule has 0 saturated carbocycles. The zero-order valence-electron chi connectivity index (χ0n) is 15.3. The molecule has 0 spiro atoms. The third kappa shape index (κ3) is 4.49. The Bertz CT molecular complexity index is 980. The number of benzene rings is 2. The minimum absolute atomic E-state index is 0.0856. The van der Waals surface area contributed by atoms with Crippen molar-refractivity contribution in [2.24, 2.45) is 0 Å². The topological polar surface area (TPSA) is 47.8 Å². The van der Waals surface area contributed by atoms with Gasteiger partial charge in [0.1, 0.15) is 0 Å². The smallest absolute Gasteiger partial charge is 0.192 e. The van der Waals surface area contributed by atoms with E-state index < -0.39 is 0 Å². The fourth-order valence-corrected chi connectivity index (χ4v) is 3.70. The molecule has 0 fully saturated rings. The van der Waals surface area contributed by atoms with Gasteiger partial charge in [-0.1, -0.05) is 47.1 Å². The molecule has 2 aromatic carbocycles. The number of aryl methyl sites for hydroxylation is 2. The van der Waals surface area contributed by atoms with Crippen LogP contribution in [-0.2, 0) is 6.54 Å². The number of aromatic nitrogens is 3. The van der Waals surface area contributed by atoms with Crippen molar-refractivity contribution in [3.05, 3.63) is 76.8 Å². The van der Waals surface area contributed by atoms with Gasteiger partial charge in [0.2, 0.25) is 0 Å². The molecule has 0 radical (unpaired) electrons. The Labute approximate surface area is 168 Å². The number of hydrogen-bond acceptors (Lipinski definition) is 4. The van der Waals surface area contributed by atoms with Gasteiger partial charge in [-0.3, -0.25) is 9.36 Å². The average Bonchev–Trinajstić information content (AvgIpc) is 3.05. The summed E-state index contributed by atoms with van der Waals surface area (Å²) >= 11 is 7.36. The summed E-state index contributed by atoms with van der Waals surface area (Å²) in [5.74, 6) is 1.12. The van der Waals surface area contributed by atoms with Crippen molar-refractivity contribution in [1.29, 1.82) is 0 Å². The molecular formula is C21H20ClN3OS. The maximum absolute atomic E-state index is 12.7. The van der Waals surface area contributed by atoms with Crippen LogP contribution in [-0.4, -0.2) is 26.3 Å². The first-order valence-corrected chi connectivity index (χ1v) is 9.89. The summed E-state index contributed by atoms with van der Waals surface area (Å²) in [4.78, 5) is 12.7. The van der Waals surface area contributed by atoms with Gasteiger partial charge in [0, 0.05) is 22.7 Å². The first-order valence-electron chi connectivity index (χ1n) is 8.53. The highest BCUT2D eigenvalue weighted by Gasteiger charge is 2.16. The van der Waals surface area contributed by atoms with Crippen LogP contribution in [0.25, 0.3) is 11.4 Å². The van der Waals surface area contributed by atoms with E-state index in [1.54, 1.807) is 6.08 Å². The second-order valence-corrected chi connectivity index (χ2v) is 7.62. The van der Waals surface area contributed by atoms with Crippen molar-refractivity contribution in [3.8, 4) is 11.4 Å². The molecule has 3 aromatic rings. The molecule has 1 heterocycles. The van der Waals surface area contributed by atoms with E-state index in [2.05, 4.69) is 16.8 Å². The Hall–Kier alpha value is -2.37. The molecule has 0 aliphatic heterocycles. The predicted octanol–water partition coefficient (Wildman–Crippen LogP) is 5.38. The van der Waals surface area contributed by atoms with Crippen molar-refractivity contribution in [2.45, 2.75) is 25.5 Å². The number of ketones is 1. The molecule has 0 atom stereocenters. The summed E-state index contributed by atoms with van der Waals surface area (Å²) in [7, 11) is 0. The second-order valence-electron chi connectivity index (χ2n) is 6.24. The van der Waals surface area contributed by atoms with Gasteiger partial charge in [0.25, 0.3) is 0 Å². The fourth-order valence-electron chi connectivity index (χ4n) is 2.75. The maximum atomic E-state index is 12.7. The number of carbonyl (C=O) groups is 1. The van der Waals surface area contributed by atoms with Crippen LogP contribution in [0.3, 0.4) is 0 Å². The lowest BCUT2D eigenvalue weighted by atomic mass is 10.0. The highest BCUT2D eigenvalue weighted by Crippen LogP contribution is 2.26. The normalized spacial score (nSPS) is 10.8. The van der Waals surface area contributed by atoms with E-state index in [0.29, 0.717) is 22.5 Å². The summed E-state index contributed by atoms with van der Waals surface area (Å²) in [6.45, 7) is 8.32. The van der Waals surface area contributed by atoms with Crippen LogP contribution in [0.1, 0.15) is 21.5 Å². The molecule has 0 aliphatic carbocycles. The minimum Gasteiger partial charge on any atom is -0.298 e. The van der Waals surface area contributed by atoms with Gasteiger partial charge in [0.15, 0.2) is 16.8 Å². The van der Waals surface area contributed by atoms with Gasteiger partial charge < -0.3 is 0 Å². The summed E-state index contributed by atoms with van der Waals surface area (Å²) in [6.07, 6.45) is 1.79. The van der Waals surface area contributed by atoms with E-state index in [9.17, 15) is 4.79 Å². The number of nitrogens with zero attached hydrogens (tertiary/aromatic N) is 3. The average molecular weight is 398 g/mol. The number of halogens is 1. The van der Waals surface area contributed by atoms with E-state index in [1.807, 2.05) is 60.9 Å². The Morgan fingerprint density at radius 1 is 1.19 bits per heavy atom. The molecule has 0 saturated heterocycles. The SMILES string of the molecule is C=CCn1c(SCC(=O)c2cc(C)ccc2C)nnc1-c1ccc(Cl)cc1. The number of carbonyl (C=O) groups excluding carboxylic acids is 1. The van der Waals surface area contributed by atoms with Crippen molar-refractivity contribution in [1.82, 2.24) is 14.8 Å². The summed E-state index contributed by atoms with van der Waals surface area (Å²) < 4.78 is 1.96. The molecule has 0 bridgehead atoms. The second kappa shape index (κ2) is 8.55. The molecule has 27 heavy (non-hydrogen) atoms. The van der Waals surface area contributed by atoms with Crippen LogP contribution in [0.5, 0.6) is 0 Å². The number of allylic oxidation sites excluding steroid dienone is 1. The third-order valence-electron chi connectivity index (χ3n) is 4.16. The summed E-state index contributed by atoms with van der Waals surface area (Å²) in [5, 5.41) is 9.95. The highest BCUT2D eigenvalue weighted by atomic mass is 35.5. The van der Waals surface area contributed by atoms with E-state index in [4.69, 9.17) is 11.6 Å². The highest BCUT2D eigenvalue weighted by molar-refractivity contribution is 7.99. The molecule has 0 N–H and O–H groups in total. The molecule has 0 amide bonds. The quantitative estimate of drug-likeness (QED) is 0.305. The van der Waals surface area contributed by atoms with Crippen LogP contribution >= 0.6 is 23.4 Å². The van der Waals surface area contributed by atoms with E-state index in [0.717, 1.165) is 28.1 Å².